The SMILES string of the molecule is CC(C)N1CCOCC2(CCC2)C1. The molecule has 2 rings (SSSR count). The third-order valence-electron chi connectivity index (χ3n) is 3.61. The molecule has 2 heteroatoms. The van der Waals surface area contributed by atoms with Crippen LogP contribution in [0.4, 0.5) is 0 Å². The molecule has 13 heavy (non-hydrogen) atoms. The predicted molar refractivity (Wildman–Crippen MR) is 53.8 cm³/mol. The van der Waals surface area contributed by atoms with Crippen LogP contribution in [0.5, 0.6) is 0 Å². The number of hydrogen-bond donors (Lipinski definition) is 0. The Morgan fingerprint density at radius 3 is 2.62 bits per heavy atom. The first kappa shape index (κ1) is 9.47. The van der Waals surface area contributed by atoms with Crippen molar-refractivity contribution in [3.63, 3.8) is 0 Å². The summed E-state index contributed by atoms with van der Waals surface area (Å²) in [5.41, 5.74) is 0.542. The van der Waals surface area contributed by atoms with Gasteiger partial charge in [-0.25, -0.2) is 0 Å². The summed E-state index contributed by atoms with van der Waals surface area (Å²) in [5, 5.41) is 0. The van der Waals surface area contributed by atoms with Gasteiger partial charge in [0.15, 0.2) is 0 Å². The van der Waals surface area contributed by atoms with Gasteiger partial charge in [0.05, 0.1) is 13.2 Å². The van der Waals surface area contributed by atoms with Crippen LogP contribution in [0.15, 0.2) is 0 Å². The third kappa shape index (κ3) is 1.89. The Morgan fingerprint density at radius 1 is 1.31 bits per heavy atom. The largest absolute Gasteiger partial charge is 0.379 e. The molecule has 0 N–H and O–H groups in total. The summed E-state index contributed by atoms with van der Waals surface area (Å²) >= 11 is 0. The van der Waals surface area contributed by atoms with Crippen molar-refractivity contribution in [3.8, 4) is 0 Å². The highest BCUT2D eigenvalue weighted by Gasteiger charge is 2.40. The van der Waals surface area contributed by atoms with Gasteiger partial charge in [-0.2, -0.15) is 0 Å². The predicted octanol–water partition coefficient (Wildman–Crippen LogP) is 1.90. The molecule has 1 saturated heterocycles. The maximum Gasteiger partial charge on any atom is 0.0593 e. The molecule has 0 atom stereocenters. The standard InChI is InChI=1S/C11H21NO/c1-10(2)12-6-7-13-9-11(8-12)4-3-5-11/h10H,3-9H2,1-2H3. The van der Waals surface area contributed by atoms with Gasteiger partial charge in [0.1, 0.15) is 0 Å². The van der Waals surface area contributed by atoms with E-state index in [1.54, 1.807) is 0 Å². The van der Waals surface area contributed by atoms with Gasteiger partial charge in [0.25, 0.3) is 0 Å². The van der Waals surface area contributed by atoms with E-state index in [0.29, 0.717) is 11.5 Å². The molecule has 1 aliphatic carbocycles. The average molecular weight is 183 g/mol. The van der Waals surface area contributed by atoms with E-state index in [9.17, 15) is 0 Å². The highest BCUT2D eigenvalue weighted by Crippen LogP contribution is 2.42. The highest BCUT2D eigenvalue weighted by molar-refractivity contribution is 4.92. The van der Waals surface area contributed by atoms with E-state index in [2.05, 4.69) is 18.7 Å². The Labute approximate surface area is 81.3 Å². The van der Waals surface area contributed by atoms with Gasteiger partial charge in [-0.1, -0.05) is 6.42 Å². The summed E-state index contributed by atoms with van der Waals surface area (Å²) in [6.07, 6.45) is 4.18. The van der Waals surface area contributed by atoms with Gasteiger partial charge in [-0.3, -0.25) is 4.90 Å². The lowest BCUT2D eigenvalue weighted by atomic mass is 9.69. The molecule has 1 aliphatic heterocycles. The molecule has 2 aliphatic rings. The normalized spacial score (nSPS) is 28.8. The van der Waals surface area contributed by atoms with Crippen LogP contribution in [0.3, 0.4) is 0 Å². The quantitative estimate of drug-likeness (QED) is 0.615. The molecule has 0 aromatic heterocycles. The lowest BCUT2D eigenvalue weighted by Gasteiger charge is -2.43. The molecule has 1 heterocycles. The number of rotatable bonds is 1. The fourth-order valence-electron chi connectivity index (χ4n) is 2.45. The van der Waals surface area contributed by atoms with Gasteiger partial charge in [0, 0.05) is 24.5 Å². The second-order valence-electron chi connectivity index (χ2n) is 4.97. The molecular formula is C11H21NO. The molecule has 1 saturated carbocycles. The molecule has 2 fully saturated rings. The molecule has 0 unspecified atom stereocenters. The van der Waals surface area contributed by atoms with Crippen LogP contribution < -0.4 is 0 Å². The Hall–Kier alpha value is -0.0800. The summed E-state index contributed by atoms with van der Waals surface area (Å²) in [4.78, 5) is 2.58. The maximum absolute atomic E-state index is 5.69. The molecule has 2 nitrogen and oxygen atoms in total. The van der Waals surface area contributed by atoms with Crippen molar-refractivity contribution in [1.82, 2.24) is 4.90 Å². The van der Waals surface area contributed by atoms with E-state index in [1.807, 2.05) is 0 Å². The lowest BCUT2D eigenvalue weighted by Crippen LogP contribution is -2.45. The molecule has 0 aromatic carbocycles. The molecular weight excluding hydrogens is 162 g/mol. The van der Waals surface area contributed by atoms with Crippen LogP contribution in [-0.4, -0.2) is 37.2 Å². The minimum atomic E-state index is 0.542. The van der Waals surface area contributed by atoms with Crippen LogP contribution in [-0.2, 0) is 4.74 Å². The zero-order valence-corrected chi connectivity index (χ0v) is 8.88. The molecule has 0 aromatic rings. The fourth-order valence-corrected chi connectivity index (χ4v) is 2.45. The van der Waals surface area contributed by atoms with E-state index >= 15 is 0 Å². The van der Waals surface area contributed by atoms with Gasteiger partial charge >= 0.3 is 0 Å². The van der Waals surface area contributed by atoms with Crippen LogP contribution in [0.25, 0.3) is 0 Å². The summed E-state index contributed by atoms with van der Waals surface area (Å²) in [6, 6.07) is 0.680. The van der Waals surface area contributed by atoms with Crippen LogP contribution in [0.2, 0.25) is 0 Å². The monoisotopic (exact) mass is 183 g/mol. The number of nitrogens with zero attached hydrogens (tertiary/aromatic N) is 1. The van der Waals surface area contributed by atoms with Gasteiger partial charge in [-0.05, 0) is 26.7 Å². The van der Waals surface area contributed by atoms with Crippen molar-refractivity contribution in [2.24, 2.45) is 5.41 Å². The van der Waals surface area contributed by atoms with Crippen molar-refractivity contribution >= 4 is 0 Å². The maximum atomic E-state index is 5.69. The third-order valence-corrected chi connectivity index (χ3v) is 3.61. The fraction of sp³-hybridized carbons (Fsp3) is 1.00. The lowest BCUT2D eigenvalue weighted by molar-refractivity contribution is 0.00774. The number of ether oxygens (including phenoxy) is 1. The highest BCUT2D eigenvalue weighted by atomic mass is 16.5. The van der Waals surface area contributed by atoms with Gasteiger partial charge in [-0.15, -0.1) is 0 Å². The molecule has 0 radical (unpaired) electrons. The van der Waals surface area contributed by atoms with Crippen molar-refractivity contribution in [2.75, 3.05) is 26.3 Å². The Kier molecular flexibility index (Phi) is 2.61. The Bertz CT molecular complexity index is 175. The molecule has 0 amide bonds. The van der Waals surface area contributed by atoms with Gasteiger partial charge < -0.3 is 4.74 Å². The van der Waals surface area contributed by atoms with Crippen molar-refractivity contribution < 1.29 is 4.74 Å². The first-order chi connectivity index (χ1) is 6.22. The van der Waals surface area contributed by atoms with Gasteiger partial charge in [0.2, 0.25) is 0 Å². The van der Waals surface area contributed by atoms with E-state index in [4.69, 9.17) is 4.74 Å². The zero-order valence-electron chi connectivity index (χ0n) is 8.88. The first-order valence-electron chi connectivity index (χ1n) is 5.54. The summed E-state index contributed by atoms with van der Waals surface area (Å²) in [5.74, 6) is 0. The Morgan fingerprint density at radius 2 is 2.08 bits per heavy atom. The van der Waals surface area contributed by atoms with E-state index in [-0.39, 0.29) is 0 Å². The van der Waals surface area contributed by atoms with Crippen LogP contribution >= 0.6 is 0 Å². The van der Waals surface area contributed by atoms with Crippen molar-refractivity contribution in [3.05, 3.63) is 0 Å². The van der Waals surface area contributed by atoms with E-state index in [0.717, 1.165) is 19.8 Å². The summed E-state index contributed by atoms with van der Waals surface area (Å²) < 4.78 is 5.69. The topological polar surface area (TPSA) is 12.5 Å². The second kappa shape index (κ2) is 3.58. The molecule has 76 valence electrons. The zero-order chi connectivity index (χ0) is 9.31. The first-order valence-corrected chi connectivity index (χ1v) is 5.54. The van der Waals surface area contributed by atoms with Crippen LogP contribution in [0.1, 0.15) is 33.1 Å². The smallest absolute Gasteiger partial charge is 0.0593 e. The minimum Gasteiger partial charge on any atom is -0.379 e. The van der Waals surface area contributed by atoms with Crippen molar-refractivity contribution in [2.45, 2.75) is 39.2 Å². The van der Waals surface area contributed by atoms with Crippen molar-refractivity contribution in [1.29, 1.82) is 0 Å². The summed E-state index contributed by atoms with van der Waals surface area (Å²) in [7, 11) is 0. The average Bonchev–Trinajstić information content (AvgIpc) is 2.24. The number of hydrogen-bond acceptors (Lipinski definition) is 2. The second-order valence-corrected chi connectivity index (χ2v) is 4.97. The molecule has 0 bridgehead atoms. The van der Waals surface area contributed by atoms with E-state index in [1.165, 1.54) is 25.8 Å². The molecule has 1 spiro atoms. The minimum absolute atomic E-state index is 0.542. The summed E-state index contributed by atoms with van der Waals surface area (Å²) in [6.45, 7) is 8.91. The Balaban J connectivity index is 1.98. The van der Waals surface area contributed by atoms with E-state index < -0.39 is 0 Å². The van der Waals surface area contributed by atoms with Crippen LogP contribution in [0, 0.1) is 5.41 Å².